The summed E-state index contributed by atoms with van der Waals surface area (Å²) in [4.78, 5) is 13.6. The van der Waals surface area contributed by atoms with E-state index in [4.69, 9.17) is 18.9 Å². The summed E-state index contributed by atoms with van der Waals surface area (Å²) in [5.74, 6) is 2.39. The van der Waals surface area contributed by atoms with Gasteiger partial charge in [0.05, 0.1) is 36.7 Å². The van der Waals surface area contributed by atoms with Crippen LogP contribution < -0.4 is 40.7 Å². The largest absolute Gasteiger partial charge is 0.493 e. The molecular formula is C21H22N4O5. The van der Waals surface area contributed by atoms with Crippen molar-refractivity contribution in [3.63, 3.8) is 0 Å². The van der Waals surface area contributed by atoms with E-state index in [1.165, 1.54) is 0 Å². The molecule has 3 N–H and O–H groups in total. The maximum absolute atomic E-state index is 13.6. The van der Waals surface area contributed by atoms with E-state index in [1.807, 2.05) is 25.2 Å². The number of anilines is 2. The van der Waals surface area contributed by atoms with E-state index in [0.717, 1.165) is 28.0 Å². The molecule has 0 radical (unpaired) electrons. The molecule has 5 rings (SSSR count). The third-order valence-corrected chi connectivity index (χ3v) is 5.45. The van der Waals surface area contributed by atoms with E-state index >= 15 is 0 Å². The van der Waals surface area contributed by atoms with Gasteiger partial charge >= 0.3 is 0 Å². The number of nitrogens with zero attached hydrogens (tertiary/aromatic N) is 1. The summed E-state index contributed by atoms with van der Waals surface area (Å²) in [5.41, 5.74) is 9.61. The van der Waals surface area contributed by atoms with Crippen LogP contribution in [0.25, 0.3) is 22.0 Å². The van der Waals surface area contributed by atoms with Gasteiger partial charge in [0.1, 0.15) is 0 Å². The van der Waals surface area contributed by atoms with Gasteiger partial charge in [0.2, 0.25) is 6.79 Å². The van der Waals surface area contributed by atoms with Gasteiger partial charge in [-0.05, 0) is 25.2 Å². The molecule has 0 saturated heterocycles. The first kappa shape index (κ1) is 18.4. The molecule has 2 aliphatic heterocycles. The molecule has 0 saturated carbocycles. The Bertz CT molecular complexity index is 1220. The Morgan fingerprint density at radius 3 is 2.43 bits per heavy atom. The first-order valence-electron chi connectivity index (χ1n) is 9.59. The molecule has 30 heavy (non-hydrogen) atoms. The van der Waals surface area contributed by atoms with Crippen LogP contribution in [-0.2, 0) is 6.54 Å². The number of methoxy groups -OCH3 is 2. The van der Waals surface area contributed by atoms with Crippen molar-refractivity contribution in [2.45, 2.75) is 6.54 Å². The van der Waals surface area contributed by atoms with Crippen LogP contribution in [0.1, 0.15) is 0 Å². The van der Waals surface area contributed by atoms with Crippen LogP contribution in [0.3, 0.4) is 0 Å². The van der Waals surface area contributed by atoms with Crippen molar-refractivity contribution < 1.29 is 18.9 Å². The molecule has 0 unspecified atom stereocenters. The minimum absolute atomic E-state index is 0.104. The molecule has 0 spiro atoms. The van der Waals surface area contributed by atoms with E-state index in [1.54, 1.807) is 24.9 Å². The molecule has 2 aliphatic rings. The van der Waals surface area contributed by atoms with Gasteiger partial charge in [0, 0.05) is 30.1 Å². The number of hydrogen-bond donors (Lipinski definition) is 3. The average Bonchev–Trinajstić information content (AvgIpc) is 3.23. The lowest BCUT2D eigenvalue weighted by Gasteiger charge is -2.28. The van der Waals surface area contributed by atoms with Crippen molar-refractivity contribution in [2.75, 3.05) is 45.5 Å². The van der Waals surface area contributed by atoms with Crippen LogP contribution in [0.4, 0.5) is 11.4 Å². The summed E-state index contributed by atoms with van der Waals surface area (Å²) in [6.45, 7) is 1.32. The third kappa shape index (κ3) is 2.62. The number of hydrogen-bond acceptors (Lipinski definition) is 8. The minimum atomic E-state index is -0.104. The number of rotatable bonds is 5. The zero-order valence-electron chi connectivity index (χ0n) is 16.9. The first-order valence-corrected chi connectivity index (χ1v) is 9.59. The van der Waals surface area contributed by atoms with Crippen molar-refractivity contribution in [1.82, 2.24) is 9.88 Å². The molecule has 0 bridgehead atoms. The molecule has 0 atom stereocenters. The van der Waals surface area contributed by atoms with Crippen LogP contribution in [0.15, 0.2) is 29.1 Å². The number of ether oxygens (including phenoxy) is 4. The quantitative estimate of drug-likeness (QED) is 0.590. The maximum Gasteiger partial charge on any atom is 0.259 e. The Morgan fingerprint density at radius 1 is 1.03 bits per heavy atom. The Kier molecular flexibility index (Phi) is 4.32. The van der Waals surface area contributed by atoms with Crippen LogP contribution in [0.5, 0.6) is 23.0 Å². The standard InChI is InChI=1S/C21H22N4O5/c1-22-4-5-25-20-13-8-17-18(30-10-29-17)9-14(13)23-24-19(20)11-6-15(27-2)16(28-3)7-12(11)21(25)26/h6-9,22-24H,4-5,10H2,1-3H3. The monoisotopic (exact) mass is 410 g/mol. The van der Waals surface area contributed by atoms with E-state index in [2.05, 4.69) is 16.2 Å². The molecule has 9 nitrogen and oxygen atoms in total. The number of fused-ring (bicyclic) bond motifs is 6. The second-order valence-corrected chi connectivity index (χ2v) is 7.04. The average molecular weight is 410 g/mol. The van der Waals surface area contributed by atoms with Gasteiger partial charge in [-0.3, -0.25) is 15.6 Å². The van der Waals surface area contributed by atoms with Gasteiger partial charge in [0.25, 0.3) is 5.56 Å². The number of benzene rings is 2. The summed E-state index contributed by atoms with van der Waals surface area (Å²) in [7, 11) is 4.99. The van der Waals surface area contributed by atoms with E-state index in [9.17, 15) is 4.79 Å². The van der Waals surface area contributed by atoms with Gasteiger partial charge in [-0.1, -0.05) is 0 Å². The fourth-order valence-electron chi connectivity index (χ4n) is 3.99. The Morgan fingerprint density at radius 2 is 1.73 bits per heavy atom. The van der Waals surface area contributed by atoms with Gasteiger partial charge < -0.3 is 28.8 Å². The molecule has 9 heteroatoms. The molecule has 156 valence electrons. The fourth-order valence-corrected chi connectivity index (χ4v) is 3.99. The van der Waals surface area contributed by atoms with Crippen LogP contribution >= 0.6 is 0 Å². The van der Waals surface area contributed by atoms with Gasteiger partial charge in [-0.15, -0.1) is 0 Å². The zero-order valence-corrected chi connectivity index (χ0v) is 16.9. The summed E-state index contributed by atoms with van der Waals surface area (Å²) in [6.07, 6.45) is 0. The number of pyridine rings is 1. The highest BCUT2D eigenvalue weighted by Crippen LogP contribution is 2.47. The first-order chi connectivity index (χ1) is 14.7. The molecule has 3 heterocycles. The SMILES string of the molecule is CNCCn1c2c(c3cc(OC)c(OC)cc3c1=O)NNc1cc3c(cc1-2)OCO3. The second kappa shape index (κ2) is 7.03. The zero-order chi connectivity index (χ0) is 20.8. The van der Waals surface area contributed by atoms with Gasteiger partial charge in [-0.25, -0.2) is 0 Å². The van der Waals surface area contributed by atoms with Crippen LogP contribution in [0.2, 0.25) is 0 Å². The molecule has 0 fully saturated rings. The van der Waals surface area contributed by atoms with Crippen molar-refractivity contribution in [2.24, 2.45) is 0 Å². The van der Waals surface area contributed by atoms with Crippen LogP contribution in [0, 0.1) is 0 Å². The topological polar surface area (TPSA) is 95.0 Å². The smallest absolute Gasteiger partial charge is 0.259 e. The highest BCUT2D eigenvalue weighted by atomic mass is 16.7. The summed E-state index contributed by atoms with van der Waals surface area (Å²) >= 11 is 0. The molecule has 2 aromatic carbocycles. The highest BCUT2D eigenvalue weighted by molar-refractivity contribution is 6.05. The molecule has 0 amide bonds. The lowest BCUT2D eigenvalue weighted by molar-refractivity contribution is 0.174. The minimum Gasteiger partial charge on any atom is -0.493 e. The Balaban J connectivity index is 1.85. The van der Waals surface area contributed by atoms with Crippen LogP contribution in [-0.4, -0.2) is 39.2 Å². The molecule has 0 aliphatic carbocycles. The lowest BCUT2D eigenvalue weighted by Crippen LogP contribution is -2.30. The van der Waals surface area contributed by atoms with E-state index in [-0.39, 0.29) is 12.4 Å². The summed E-state index contributed by atoms with van der Waals surface area (Å²) in [6, 6.07) is 7.33. The Labute approximate surface area is 172 Å². The number of aromatic nitrogens is 1. The maximum atomic E-state index is 13.6. The molecule has 3 aromatic rings. The van der Waals surface area contributed by atoms with Crippen molar-refractivity contribution in [1.29, 1.82) is 0 Å². The van der Waals surface area contributed by atoms with Crippen molar-refractivity contribution in [3.8, 4) is 34.3 Å². The predicted molar refractivity (Wildman–Crippen MR) is 114 cm³/mol. The number of likely N-dealkylation sites (N-methyl/N-ethyl adjacent to an activating group) is 1. The third-order valence-electron chi connectivity index (χ3n) is 5.45. The Hall–Kier alpha value is -3.59. The van der Waals surface area contributed by atoms with Crippen molar-refractivity contribution in [3.05, 3.63) is 34.6 Å². The normalized spacial score (nSPS) is 13.3. The summed E-state index contributed by atoms with van der Waals surface area (Å²) < 4.78 is 23.7. The molecular weight excluding hydrogens is 388 g/mol. The number of nitrogens with one attached hydrogen (secondary N) is 3. The lowest BCUT2D eigenvalue weighted by atomic mass is 9.99. The highest BCUT2D eigenvalue weighted by Gasteiger charge is 2.28. The fraction of sp³-hybridized carbons (Fsp3) is 0.286. The predicted octanol–water partition coefficient (Wildman–Crippen LogP) is 2.39. The van der Waals surface area contributed by atoms with Gasteiger partial charge in [0.15, 0.2) is 23.0 Å². The van der Waals surface area contributed by atoms with E-state index < -0.39 is 0 Å². The molecule has 1 aromatic heterocycles. The second-order valence-electron chi connectivity index (χ2n) is 7.04. The van der Waals surface area contributed by atoms with Crippen molar-refractivity contribution >= 4 is 22.1 Å². The number of hydrazine groups is 1. The van der Waals surface area contributed by atoms with Gasteiger partial charge in [-0.2, -0.15) is 0 Å². The summed E-state index contributed by atoms with van der Waals surface area (Å²) in [5, 5.41) is 4.40. The van der Waals surface area contributed by atoms with E-state index in [0.29, 0.717) is 41.5 Å².